The Labute approximate surface area is 231 Å². The Morgan fingerprint density at radius 3 is 2.20 bits per heavy atom. The van der Waals surface area contributed by atoms with Gasteiger partial charge in [0.2, 0.25) is 0 Å². The molecular weight excluding hydrogens is 528 g/mol. The van der Waals surface area contributed by atoms with Crippen LogP contribution in [0.25, 0.3) is 0 Å². The van der Waals surface area contributed by atoms with Crippen LogP contribution in [0, 0.1) is 17.3 Å². The molecule has 0 aromatic rings. The normalized spacial score (nSPS) is 43.8. The van der Waals surface area contributed by atoms with E-state index in [1.54, 1.807) is 19.9 Å². The summed E-state index contributed by atoms with van der Waals surface area (Å²) in [7, 11) is 0. The van der Waals surface area contributed by atoms with Crippen molar-refractivity contribution in [3.63, 3.8) is 0 Å². The van der Waals surface area contributed by atoms with Crippen LogP contribution in [0.2, 0.25) is 0 Å². The van der Waals surface area contributed by atoms with Crippen molar-refractivity contribution in [3.05, 3.63) is 23.8 Å². The fourth-order valence-corrected chi connectivity index (χ4v) is 6.69. The molecule has 40 heavy (non-hydrogen) atoms. The lowest BCUT2D eigenvalue weighted by Gasteiger charge is -2.54. The maximum Gasteiger partial charge on any atom is 0.312 e. The number of esters is 5. The van der Waals surface area contributed by atoms with Crippen LogP contribution in [-0.4, -0.2) is 83.3 Å². The Morgan fingerprint density at radius 1 is 1.00 bits per heavy atom. The van der Waals surface area contributed by atoms with Gasteiger partial charge in [0.25, 0.3) is 0 Å². The summed E-state index contributed by atoms with van der Waals surface area (Å²) in [5, 5.41) is 12.4. The van der Waals surface area contributed by atoms with Gasteiger partial charge in [-0.05, 0) is 31.6 Å². The number of hydrogen-bond acceptors (Lipinski definition) is 12. The summed E-state index contributed by atoms with van der Waals surface area (Å²) in [6, 6.07) is 0. The second-order valence-corrected chi connectivity index (χ2v) is 11.4. The summed E-state index contributed by atoms with van der Waals surface area (Å²) in [6.07, 6.45) is -0.480. The molecular formula is C28H36O12. The lowest BCUT2D eigenvalue weighted by molar-refractivity contribution is -0.228. The Kier molecular flexibility index (Phi) is 7.65. The molecule has 2 heterocycles. The standard InChI is InChI=1S/C28H36O12/c1-13-25(33)39-22-10-18(12-35-14(2)29)8-9-19(36-15(3)30)26(6)20(37-16(4)31)11-21-27(7,40-21)23(26)24(28(13,22)34)38-17(5)32/h8-10,13,19-24,34H,11-12H2,1-7H3/b9-8+,18-10+/t13-,19-,20-,21+,22-,23+,24-,26-,27+,28-/m0/s1. The van der Waals surface area contributed by atoms with Crippen molar-refractivity contribution < 1.29 is 57.5 Å². The maximum absolute atomic E-state index is 13.0. The minimum absolute atomic E-state index is 0.241. The van der Waals surface area contributed by atoms with Gasteiger partial charge in [0, 0.05) is 40.0 Å². The van der Waals surface area contributed by atoms with E-state index in [-0.39, 0.29) is 13.0 Å². The molecule has 12 nitrogen and oxygen atoms in total. The molecule has 0 aromatic heterocycles. The van der Waals surface area contributed by atoms with Crippen LogP contribution in [0.4, 0.5) is 0 Å². The smallest absolute Gasteiger partial charge is 0.312 e. The molecule has 0 spiro atoms. The van der Waals surface area contributed by atoms with Gasteiger partial charge in [-0.2, -0.15) is 0 Å². The van der Waals surface area contributed by atoms with Crippen molar-refractivity contribution in [2.45, 2.75) is 96.6 Å². The molecule has 4 aliphatic rings. The SMILES string of the molecule is CC(=O)OCC1=C/[C@@H]2OC(=O)[C@H](C)[C@@]2(O)[C@@H](OC(C)=O)[C@H]2[C@]3(C)O[C@@H]3C[C@H](OC(C)=O)[C@]2(C)[C@@H](OC(C)=O)\C=C\1. The molecule has 12 heteroatoms. The van der Waals surface area contributed by atoms with Gasteiger partial charge >= 0.3 is 29.8 Å². The first-order chi connectivity index (χ1) is 18.5. The van der Waals surface area contributed by atoms with Crippen LogP contribution in [0.15, 0.2) is 23.8 Å². The quantitative estimate of drug-likeness (QED) is 0.290. The van der Waals surface area contributed by atoms with Crippen LogP contribution in [0.3, 0.4) is 0 Å². The molecule has 0 aromatic carbocycles. The number of aliphatic hydroxyl groups is 1. The van der Waals surface area contributed by atoms with E-state index in [0.717, 1.165) is 0 Å². The molecule has 220 valence electrons. The Bertz CT molecular complexity index is 1170. The first-order valence-electron chi connectivity index (χ1n) is 13.2. The number of ether oxygens (including phenoxy) is 6. The van der Waals surface area contributed by atoms with Gasteiger partial charge < -0.3 is 33.5 Å². The Morgan fingerprint density at radius 2 is 1.62 bits per heavy atom. The van der Waals surface area contributed by atoms with Gasteiger partial charge in [-0.15, -0.1) is 0 Å². The van der Waals surface area contributed by atoms with Gasteiger partial charge in [0.15, 0.2) is 11.7 Å². The van der Waals surface area contributed by atoms with E-state index in [0.29, 0.717) is 5.57 Å². The molecule has 0 bridgehead atoms. The minimum atomic E-state index is -2.14. The lowest BCUT2D eigenvalue weighted by Crippen LogP contribution is -2.68. The van der Waals surface area contributed by atoms with Crippen LogP contribution >= 0.6 is 0 Å². The molecule has 3 fully saturated rings. The van der Waals surface area contributed by atoms with E-state index >= 15 is 0 Å². The second kappa shape index (κ2) is 10.3. The van der Waals surface area contributed by atoms with Crippen molar-refractivity contribution in [2.24, 2.45) is 17.3 Å². The highest BCUT2D eigenvalue weighted by Crippen LogP contribution is 2.64. The molecule has 1 N–H and O–H groups in total. The Balaban J connectivity index is 2.03. The average molecular weight is 565 g/mol. The molecule has 2 aliphatic heterocycles. The highest BCUT2D eigenvalue weighted by atomic mass is 16.6. The number of epoxide rings is 1. The van der Waals surface area contributed by atoms with Crippen molar-refractivity contribution in [1.29, 1.82) is 0 Å². The second-order valence-electron chi connectivity index (χ2n) is 11.4. The first kappa shape index (κ1) is 29.7. The molecule has 2 saturated heterocycles. The summed E-state index contributed by atoms with van der Waals surface area (Å²) in [5.74, 6) is -5.44. The number of carbonyl (C=O) groups excluding carboxylic acids is 5. The zero-order chi connectivity index (χ0) is 29.8. The fourth-order valence-electron chi connectivity index (χ4n) is 6.69. The number of hydrogen-bond donors (Lipinski definition) is 1. The Hall–Kier alpha value is -3.25. The highest BCUT2D eigenvalue weighted by molar-refractivity contribution is 5.78. The van der Waals surface area contributed by atoms with Gasteiger partial charge in [-0.25, -0.2) is 0 Å². The zero-order valence-corrected chi connectivity index (χ0v) is 23.6. The maximum atomic E-state index is 13.0. The summed E-state index contributed by atoms with van der Waals surface area (Å²) >= 11 is 0. The third-order valence-corrected chi connectivity index (χ3v) is 8.69. The number of fused-ring (bicyclic) bond motifs is 4. The van der Waals surface area contributed by atoms with Gasteiger partial charge in [0.1, 0.15) is 24.9 Å². The molecule has 1 saturated carbocycles. The summed E-state index contributed by atoms with van der Waals surface area (Å²) in [5.41, 5.74) is -4.20. The van der Waals surface area contributed by atoms with Gasteiger partial charge in [-0.3, -0.25) is 24.0 Å². The third-order valence-electron chi connectivity index (χ3n) is 8.69. The average Bonchev–Trinajstić information content (AvgIpc) is 3.44. The predicted octanol–water partition coefficient (Wildman–Crippen LogP) is 1.32. The van der Waals surface area contributed by atoms with Gasteiger partial charge in [-0.1, -0.05) is 13.0 Å². The van der Waals surface area contributed by atoms with Crippen LogP contribution in [0.1, 0.15) is 54.9 Å². The third kappa shape index (κ3) is 4.91. The van der Waals surface area contributed by atoms with E-state index in [1.807, 2.05) is 0 Å². The summed E-state index contributed by atoms with van der Waals surface area (Å²) < 4.78 is 34.4. The molecule has 0 unspecified atom stereocenters. The fraction of sp³-hybridized carbons (Fsp3) is 0.679. The molecule has 0 radical (unpaired) electrons. The highest BCUT2D eigenvalue weighted by Gasteiger charge is 2.77. The van der Waals surface area contributed by atoms with Crippen LogP contribution < -0.4 is 0 Å². The van der Waals surface area contributed by atoms with Crippen molar-refractivity contribution >= 4 is 29.8 Å². The summed E-state index contributed by atoms with van der Waals surface area (Å²) in [4.78, 5) is 61.8. The van der Waals surface area contributed by atoms with Gasteiger partial charge in [0.05, 0.1) is 23.0 Å². The number of carbonyl (C=O) groups is 5. The topological polar surface area (TPSA) is 164 Å². The van der Waals surface area contributed by atoms with Crippen molar-refractivity contribution in [1.82, 2.24) is 0 Å². The lowest BCUT2D eigenvalue weighted by atomic mass is 9.53. The monoisotopic (exact) mass is 564 g/mol. The molecule has 2 aliphatic carbocycles. The van der Waals surface area contributed by atoms with E-state index in [2.05, 4.69) is 0 Å². The first-order valence-corrected chi connectivity index (χ1v) is 13.2. The van der Waals surface area contributed by atoms with Crippen molar-refractivity contribution in [2.75, 3.05) is 6.61 Å². The largest absolute Gasteiger partial charge is 0.462 e. The van der Waals surface area contributed by atoms with Crippen LogP contribution in [0.5, 0.6) is 0 Å². The molecule has 0 amide bonds. The van der Waals surface area contributed by atoms with E-state index in [1.165, 1.54) is 46.8 Å². The van der Waals surface area contributed by atoms with E-state index < -0.39 is 88.8 Å². The summed E-state index contributed by atoms with van der Waals surface area (Å²) in [6.45, 7) is 9.55. The molecule has 10 atom stereocenters. The van der Waals surface area contributed by atoms with E-state index in [4.69, 9.17) is 28.4 Å². The number of rotatable bonds is 5. The minimum Gasteiger partial charge on any atom is -0.462 e. The molecule has 4 rings (SSSR count). The predicted molar refractivity (Wildman–Crippen MR) is 134 cm³/mol. The zero-order valence-electron chi connectivity index (χ0n) is 23.6. The van der Waals surface area contributed by atoms with Crippen molar-refractivity contribution in [3.8, 4) is 0 Å². The van der Waals surface area contributed by atoms with Crippen LogP contribution in [-0.2, 0) is 52.4 Å². The van der Waals surface area contributed by atoms with E-state index in [9.17, 15) is 29.1 Å².